The van der Waals surface area contributed by atoms with Gasteiger partial charge in [0.15, 0.2) is 0 Å². The summed E-state index contributed by atoms with van der Waals surface area (Å²) in [6, 6.07) is 6.63. The fourth-order valence-electron chi connectivity index (χ4n) is 3.08. The first kappa shape index (κ1) is 17.5. The van der Waals surface area contributed by atoms with Gasteiger partial charge in [0, 0.05) is 26.8 Å². The summed E-state index contributed by atoms with van der Waals surface area (Å²) in [4.78, 5) is 25.5. The second kappa shape index (κ2) is 8.67. The number of rotatable bonds is 6. The summed E-state index contributed by atoms with van der Waals surface area (Å²) >= 11 is 0. The molecule has 1 saturated heterocycles. The molecule has 1 aliphatic rings. The zero-order valence-corrected chi connectivity index (χ0v) is 13.7. The fourth-order valence-corrected chi connectivity index (χ4v) is 3.08. The Morgan fingerprint density at radius 1 is 1.35 bits per heavy atom. The average Bonchev–Trinajstić information content (AvgIpc) is 2.79. The molecule has 1 aromatic rings. The zero-order valence-electron chi connectivity index (χ0n) is 13.7. The standard InChI is InChI=1S/C18H25NO4/c1-23-10-8-14-5-2-3-9-19(13-14)17(20)12-15-6-4-7-16(11-15)18(21)22/h4,6-7,11,14H,2-3,5,8-10,12-13H2,1H3,(H,21,22). The van der Waals surface area contributed by atoms with Crippen molar-refractivity contribution in [3.05, 3.63) is 35.4 Å². The van der Waals surface area contributed by atoms with Crippen LogP contribution in [-0.2, 0) is 16.0 Å². The van der Waals surface area contributed by atoms with E-state index in [2.05, 4.69) is 0 Å². The van der Waals surface area contributed by atoms with E-state index in [1.165, 1.54) is 0 Å². The number of hydrogen-bond acceptors (Lipinski definition) is 3. The highest BCUT2D eigenvalue weighted by molar-refractivity contribution is 5.88. The highest BCUT2D eigenvalue weighted by Gasteiger charge is 2.22. The minimum absolute atomic E-state index is 0.0804. The SMILES string of the molecule is COCCC1CCCCN(C(=O)Cc2cccc(C(=O)O)c2)C1. The van der Waals surface area contributed by atoms with Gasteiger partial charge in [-0.2, -0.15) is 0 Å². The van der Waals surface area contributed by atoms with E-state index in [4.69, 9.17) is 9.84 Å². The molecular weight excluding hydrogens is 294 g/mol. The van der Waals surface area contributed by atoms with Crippen LogP contribution in [0.5, 0.6) is 0 Å². The van der Waals surface area contributed by atoms with E-state index in [1.807, 2.05) is 11.0 Å². The Hall–Kier alpha value is -1.88. The topological polar surface area (TPSA) is 66.8 Å². The number of aromatic carboxylic acids is 1. The van der Waals surface area contributed by atoms with Gasteiger partial charge in [0.1, 0.15) is 0 Å². The molecule has 1 amide bonds. The average molecular weight is 319 g/mol. The van der Waals surface area contributed by atoms with Crippen molar-refractivity contribution in [3.8, 4) is 0 Å². The van der Waals surface area contributed by atoms with E-state index >= 15 is 0 Å². The Kier molecular flexibility index (Phi) is 6.59. The minimum atomic E-state index is -0.964. The van der Waals surface area contributed by atoms with Crippen molar-refractivity contribution >= 4 is 11.9 Å². The number of methoxy groups -OCH3 is 1. The molecule has 5 heteroatoms. The Morgan fingerprint density at radius 3 is 2.91 bits per heavy atom. The number of carbonyl (C=O) groups excluding carboxylic acids is 1. The van der Waals surface area contributed by atoms with Gasteiger partial charge in [-0.05, 0) is 42.9 Å². The van der Waals surface area contributed by atoms with Crippen LogP contribution in [0.3, 0.4) is 0 Å². The second-order valence-corrected chi connectivity index (χ2v) is 6.17. The molecule has 1 fully saturated rings. The van der Waals surface area contributed by atoms with Gasteiger partial charge in [-0.25, -0.2) is 4.79 Å². The summed E-state index contributed by atoms with van der Waals surface area (Å²) in [5.74, 6) is -0.391. The molecule has 2 rings (SSSR count). The number of hydrogen-bond donors (Lipinski definition) is 1. The summed E-state index contributed by atoms with van der Waals surface area (Å²) in [7, 11) is 1.70. The first-order chi connectivity index (χ1) is 11.1. The number of likely N-dealkylation sites (tertiary alicyclic amines) is 1. The molecule has 1 aromatic carbocycles. The maximum Gasteiger partial charge on any atom is 0.335 e. The van der Waals surface area contributed by atoms with Crippen LogP contribution in [0.4, 0.5) is 0 Å². The minimum Gasteiger partial charge on any atom is -0.478 e. The largest absolute Gasteiger partial charge is 0.478 e. The van der Waals surface area contributed by atoms with Gasteiger partial charge in [0.05, 0.1) is 12.0 Å². The molecule has 1 aliphatic heterocycles. The maximum absolute atomic E-state index is 12.6. The molecule has 1 unspecified atom stereocenters. The van der Waals surface area contributed by atoms with Crippen LogP contribution in [0.1, 0.15) is 41.6 Å². The van der Waals surface area contributed by atoms with Crippen molar-refractivity contribution in [1.82, 2.24) is 4.90 Å². The summed E-state index contributed by atoms with van der Waals surface area (Å²) < 4.78 is 5.15. The molecule has 0 aromatic heterocycles. The van der Waals surface area contributed by atoms with Crippen LogP contribution >= 0.6 is 0 Å². The van der Waals surface area contributed by atoms with Gasteiger partial charge in [0.25, 0.3) is 0 Å². The van der Waals surface area contributed by atoms with Gasteiger partial charge in [0.2, 0.25) is 5.91 Å². The van der Waals surface area contributed by atoms with E-state index in [0.29, 0.717) is 5.92 Å². The van der Waals surface area contributed by atoms with Crippen LogP contribution in [0, 0.1) is 5.92 Å². The summed E-state index contributed by atoms with van der Waals surface area (Å²) in [6.07, 6.45) is 4.56. The predicted molar refractivity (Wildman–Crippen MR) is 87.5 cm³/mol. The fraction of sp³-hybridized carbons (Fsp3) is 0.556. The summed E-state index contributed by atoms with van der Waals surface area (Å²) in [5.41, 5.74) is 0.983. The lowest BCUT2D eigenvalue weighted by Crippen LogP contribution is -2.36. The molecule has 126 valence electrons. The van der Waals surface area contributed by atoms with Crippen LogP contribution in [0.15, 0.2) is 24.3 Å². The first-order valence-corrected chi connectivity index (χ1v) is 8.19. The number of amides is 1. The molecule has 0 saturated carbocycles. The number of benzene rings is 1. The highest BCUT2D eigenvalue weighted by Crippen LogP contribution is 2.20. The summed E-state index contributed by atoms with van der Waals surface area (Å²) in [5, 5.41) is 9.04. The molecule has 1 atom stereocenters. The number of carboxylic acid groups (broad SMARTS) is 1. The van der Waals surface area contributed by atoms with Crippen LogP contribution in [0.25, 0.3) is 0 Å². The summed E-state index contributed by atoms with van der Waals surface area (Å²) in [6.45, 7) is 2.30. The van der Waals surface area contributed by atoms with E-state index in [0.717, 1.165) is 50.9 Å². The quantitative estimate of drug-likeness (QED) is 0.875. The van der Waals surface area contributed by atoms with E-state index in [-0.39, 0.29) is 17.9 Å². The van der Waals surface area contributed by atoms with E-state index in [9.17, 15) is 9.59 Å². The highest BCUT2D eigenvalue weighted by atomic mass is 16.5. The smallest absolute Gasteiger partial charge is 0.335 e. The lowest BCUT2D eigenvalue weighted by molar-refractivity contribution is -0.131. The van der Waals surface area contributed by atoms with Crippen LogP contribution in [0.2, 0.25) is 0 Å². The number of ether oxygens (including phenoxy) is 1. The van der Waals surface area contributed by atoms with Gasteiger partial charge < -0.3 is 14.7 Å². The molecule has 0 radical (unpaired) electrons. The molecule has 0 bridgehead atoms. The van der Waals surface area contributed by atoms with E-state index < -0.39 is 5.97 Å². The number of nitrogens with zero attached hydrogens (tertiary/aromatic N) is 1. The normalized spacial score (nSPS) is 18.5. The number of carbonyl (C=O) groups is 2. The second-order valence-electron chi connectivity index (χ2n) is 6.17. The van der Waals surface area contributed by atoms with Gasteiger partial charge in [-0.1, -0.05) is 18.6 Å². The third-order valence-corrected chi connectivity index (χ3v) is 4.38. The Balaban J connectivity index is 1.98. The molecule has 1 N–H and O–H groups in total. The predicted octanol–water partition coefficient (Wildman–Crippen LogP) is 2.59. The van der Waals surface area contributed by atoms with Gasteiger partial charge in [-0.3, -0.25) is 4.79 Å². The van der Waals surface area contributed by atoms with Crippen LogP contribution in [-0.4, -0.2) is 48.7 Å². The third-order valence-electron chi connectivity index (χ3n) is 4.38. The van der Waals surface area contributed by atoms with Crippen molar-refractivity contribution in [1.29, 1.82) is 0 Å². The monoisotopic (exact) mass is 319 g/mol. The first-order valence-electron chi connectivity index (χ1n) is 8.19. The molecule has 23 heavy (non-hydrogen) atoms. The molecule has 5 nitrogen and oxygen atoms in total. The molecule has 1 heterocycles. The van der Waals surface area contributed by atoms with Crippen molar-refractivity contribution in [2.75, 3.05) is 26.8 Å². The third kappa shape index (κ3) is 5.36. The Labute approximate surface area is 137 Å². The molecule has 0 aliphatic carbocycles. The molecular formula is C18H25NO4. The van der Waals surface area contributed by atoms with Crippen molar-refractivity contribution < 1.29 is 19.4 Å². The van der Waals surface area contributed by atoms with Crippen molar-refractivity contribution in [2.24, 2.45) is 5.92 Å². The lowest BCUT2D eigenvalue weighted by atomic mass is 10.00. The Morgan fingerprint density at radius 2 is 2.17 bits per heavy atom. The van der Waals surface area contributed by atoms with Crippen LogP contribution < -0.4 is 0 Å². The van der Waals surface area contributed by atoms with Crippen molar-refractivity contribution in [3.63, 3.8) is 0 Å². The lowest BCUT2D eigenvalue weighted by Gasteiger charge is -2.24. The molecule has 0 spiro atoms. The Bertz CT molecular complexity index is 544. The zero-order chi connectivity index (χ0) is 16.7. The van der Waals surface area contributed by atoms with E-state index in [1.54, 1.807) is 25.3 Å². The van der Waals surface area contributed by atoms with Gasteiger partial charge in [-0.15, -0.1) is 0 Å². The number of carboxylic acids is 1. The van der Waals surface area contributed by atoms with Crippen molar-refractivity contribution in [2.45, 2.75) is 32.1 Å². The maximum atomic E-state index is 12.6. The van der Waals surface area contributed by atoms with Gasteiger partial charge >= 0.3 is 5.97 Å².